The predicted molar refractivity (Wildman–Crippen MR) is 427 cm³/mol. The number of unbranched alkanes of at least 4 members (excludes halogenated alkanes) is 27. The molecule has 596 valence electrons. The largest absolute Gasteiger partial charge is 0.472 e. The van der Waals surface area contributed by atoms with E-state index in [0.29, 0.717) is 32.1 Å². The Morgan fingerprint density at radius 3 is 0.875 bits per heavy atom. The molecule has 2 unspecified atom stereocenters. The topological polar surface area (TPSA) is 237 Å². The van der Waals surface area contributed by atoms with Gasteiger partial charge in [-0.2, -0.15) is 0 Å². The Kier molecular flexibility index (Phi) is 72.9. The van der Waals surface area contributed by atoms with Gasteiger partial charge in [0.05, 0.1) is 26.4 Å². The summed E-state index contributed by atoms with van der Waals surface area (Å²) in [7, 11) is -9.99. The molecule has 0 spiro atoms. The molecule has 19 heteroatoms. The van der Waals surface area contributed by atoms with Crippen LogP contribution >= 0.6 is 15.6 Å². The molecule has 104 heavy (non-hydrogen) atoms. The highest BCUT2D eigenvalue weighted by Gasteiger charge is 2.30. The van der Waals surface area contributed by atoms with Crippen LogP contribution in [-0.2, 0) is 65.4 Å². The second-order valence-corrected chi connectivity index (χ2v) is 29.5. The fourth-order valence-electron chi connectivity index (χ4n) is 10.5. The minimum absolute atomic E-state index is 0.0394. The number of phosphoric ester groups is 2. The van der Waals surface area contributed by atoms with Crippen LogP contribution in [0.25, 0.3) is 0 Å². The van der Waals surface area contributed by atoms with Crippen molar-refractivity contribution in [3.8, 4) is 0 Å². The summed E-state index contributed by atoms with van der Waals surface area (Å²) in [6, 6.07) is 0. The maximum atomic E-state index is 13.1. The molecular weight excluding hydrogens is 1350 g/mol. The van der Waals surface area contributed by atoms with Gasteiger partial charge in [-0.15, -0.1) is 0 Å². The summed E-state index contributed by atoms with van der Waals surface area (Å²) in [6.45, 7) is 4.60. The predicted octanol–water partition coefficient (Wildman–Crippen LogP) is 23.7. The molecule has 0 amide bonds. The van der Waals surface area contributed by atoms with Crippen molar-refractivity contribution < 1.29 is 80.2 Å². The Hall–Kier alpha value is -4.80. The van der Waals surface area contributed by atoms with Crippen molar-refractivity contribution in [1.82, 2.24) is 0 Å². The van der Waals surface area contributed by atoms with Crippen molar-refractivity contribution in [2.75, 3.05) is 39.6 Å². The van der Waals surface area contributed by atoms with Gasteiger partial charge in [0.15, 0.2) is 12.2 Å². The van der Waals surface area contributed by atoms with Crippen LogP contribution < -0.4 is 0 Å². The van der Waals surface area contributed by atoms with E-state index in [1.807, 2.05) is 18.2 Å². The number of carbonyl (C=O) groups excluding carboxylic acids is 4. The monoisotopic (exact) mass is 1500 g/mol. The Morgan fingerprint density at radius 2 is 0.519 bits per heavy atom. The van der Waals surface area contributed by atoms with E-state index in [2.05, 4.69) is 143 Å². The van der Waals surface area contributed by atoms with E-state index < -0.39 is 97.5 Å². The molecule has 0 heterocycles. The van der Waals surface area contributed by atoms with Crippen LogP contribution in [0.3, 0.4) is 0 Å². The Labute approximate surface area is 631 Å². The van der Waals surface area contributed by atoms with Gasteiger partial charge in [0.25, 0.3) is 0 Å². The van der Waals surface area contributed by atoms with E-state index in [1.54, 1.807) is 0 Å². The third kappa shape index (κ3) is 75.4. The minimum atomic E-state index is -5.01. The lowest BCUT2D eigenvalue weighted by molar-refractivity contribution is -0.161. The molecule has 3 N–H and O–H groups in total. The fourth-order valence-corrected chi connectivity index (χ4v) is 12.0. The van der Waals surface area contributed by atoms with E-state index in [9.17, 15) is 43.2 Å². The van der Waals surface area contributed by atoms with Crippen molar-refractivity contribution in [2.24, 2.45) is 0 Å². The normalized spacial score (nSPS) is 14.6. The Morgan fingerprint density at radius 1 is 0.279 bits per heavy atom. The lowest BCUT2D eigenvalue weighted by Gasteiger charge is -2.21. The highest BCUT2D eigenvalue weighted by Crippen LogP contribution is 2.45. The highest BCUT2D eigenvalue weighted by atomic mass is 31.2. The first-order chi connectivity index (χ1) is 50.7. The summed E-state index contributed by atoms with van der Waals surface area (Å²) in [5.74, 6) is -2.31. The zero-order valence-electron chi connectivity index (χ0n) is 65.2. The number of hydrogen-bond acceptors (Lipinski definition) is 15. The number of ether oxygens (including phenoxy) is 4. The lowest BCUT2D eigenvalue weighted by Crippen LogP contribution is -2.30. The number of rotatable bonds is 75. The van der Waals surface area contributed by atoms with Crippen LogP contribution in [0.2, 0.25) is 0 Å². The van der Waals surface area contributed by atoms with E-state index in [1.165, 1.54) is 103 Å². The fraction of sp³-hybridized carbons (Fsp3) is 0.694. The van der Waals surface area contributed by atoms with Crippen molar-refractivity contribution in [2.45, 2.75) is 341 Å². The Balaban J connectivity index is 5.46. The summed E-state index contributed by atoms with van der Waals surface area (Å²) in [6.07, 6.45) is 85.9. The quantitative estimate of drug-likeness (QED) is 0.0169. The first-order valence-electron chi connectivity index (χ1n) is 40.4. The van der Waals surface area contributed by atoms with Crippen molar-refractivity contribution in [1.29, 1.82) is 0 Å². The zero-order chi connectivity index (χ0) is 76.0. The standard InChI is InChI=1S/C85H144O17P2/c1-5-9-13-17-21-25-29-33-35-37-39-41-43-47-50-54-58-62-66-70-83(88)96-76-81(102-85(90)72-68-64-60-56-52-48-44-42-40-38-36-34-30-26-22-18-14-10-6-2)78-100-104(93,94)98-74-79(86)73-97-103(91,92)99-77-80(101-84(89)71-67-63-59-55-51-46-32-28-24-20-16-12-8-4)75-95-82(87)69-65-61-57-53-49-45-31-27-23-19-15-11-7-3/h9,13,21-22,25-26,28,32-36,39-42,47-48,50,52,60,64,79-81,86H,5-8,10-12,14-20,23-24,27,29-31,37-38,43-46,49,51,53-59,61-63,65-78H2,1-4H3,(H,91,92)(H,93,94)/b13-9-,25-21-,26-22-,32-28-,35-33-,36-34-,41-39-,42-40-,50-47-,52-48-,64-60-/t79-,80+,81+/m0/s1. The van der Waals surface area contributed by atoms with Crippen molar-refractivity contribution in [3.63, 3.8) is 0 Å². The minimum Gasteiger partial charge on any atom is -0.462 e. The van der Waals surface area contributed by atoms with Gasteiger partial charge in [-0.3, -0.25) is 37.3 Å². The van der Waals surface area contributed by atoms with Gasteiger partial charge < -0.3 is 33.8 Å². The molecule has 0 aliphatic carbocycles. The maximum absolute atomic E-state index is 13.1. The van der Waals surface area contributed by atoms with Gasteiger partial charge in [0.2, 0.25) is 0 Å². The Bertz CT molecular complexity index is 2490. The smallest absolute Gasteiger partial charge is 0.462 e. The average molecular weight is 1500 g/mol. The van der Waals surface area contributed by atoms with Gasteiger partial charge >= 0.3 is 39.5 Å². The molecular formula is C85H144O17P2. The molecule has 0 aromatic heterocycles. The number of aliphatic hydroxyl groups excluding tert-OH is 1. The molecule has 5 atom stereocenters. The average Bonchev–Trinajstić information content (AvgIpc) is 0.906. The van der Waals surface area contributed by atoms with Crippen molar-refractivity contribution >= 4 is 39.5 Å². The van der Waals surface area contributed by atoms with E-state index in [4.69, 9.17) is 37.0 Å². The van der Waals surface area contributed by atoms with Crippen LogP contribution in [0.15, 0.2) is 134 Å². The molecule has 0 fully saturated rings. The second-order valence-electron chi connectivity index (χ2n) is 26.6. The number of allylic oxidation sites excluding steroid dienone is 22. The highest BCUT2D eigenvalue weighted by molar-refractivity contribution is 7.47. The van der Waals surface area contributed by atoms with Gasteiger partial charge in [-0.1, -0.05) is 296 Å². The lowest BCUT2D eigenvalue weighted by atomic mass is 10.0. The molecule has 0 saturated heterocycles. The maximum Gasteiger partial charge on any atom is 0.472 e. The molecule has 0 bridgehead atoms. The molecule has 0 aromatic carbocycles. The van der Waals surface area contributed by atoms with Gasteiger partial charge in [-0.05, 0) is 135 Å². The molecule has 17 nitrogen and oxygen atoms in total. The summed E-state index contributed by atoms with van der Waals surface area (Å²) in [4.78, 5) is 73.0. The van der Waals surface area contributed by atoms with E-state index >= 15 is 0 Å². The van der Waals surface area contributed by atoms with Crippen LogP contribution in [-0.4, -0.2) is 96.7 Å². The van der Waals surface area contributed by atoms with E-state index in [-0.39, 0.29) is 25.7 Å². The van der Waals surface area contributed by atoms with Crippen LogP contribution in [0.1, 0.15) is 323 Å². The van der Waals surface area contributed by atoms with Gasteiger partial charge in [-0.25, -0.2) is 9.13 Å². The molecule has 0 rings (SSSR count). The molecule has 0 aliphatic heterocycles. The van der Waals surface area contributed by atoms with Crippen LogP contribution in [0.4, 0.5) is 0 Å². The first kappa shape index (κ1) is 99.2. The third-order valence-corrected chi connectivity index (χ3v) is 18.5. The van der Waals surface area contributed by atoms with Crippen LogP contribution in [0.5, 0.6) is 0 Å². The first-order valence-corrected chi connectivity index (χ1v) is 43.4. The second kappa shape index (κ2) is 76.4. The summed E-state index contributed by atoms with van der Waals surface area (Å²) in [5.41, 5.74) is 0. The molecule has 0 saturated carbocycles. The summed E-state index contributed by atoms with van der Waals surface area (Å²) < 4.78 is 68.5. The SMILES string of the molecule is CC/C=C\C/C=C\C/C=C\C/C=C\C/C=C\CCCCCC(=O)OC[C@H](COP(=O)(O)OC[C@@H](O)COP(=O)(O)OC[C@@H](COC(=O)CCCCCCCCCCCCCCC)OC(=O)CCCCCCC/C=C\CCCCCC)OC(=O)CC/C=C\C/C=C\C/C=C\C/C=C\C/C=C\CCCCC. The number of phosphoric acid groups is 2. The number of esters is 4. The van der Waals surface area contributed by atoms with Gasteiger partial charge in [0.1, 0.15) is 19.3 Å². The summed E-state index contributed by atoms with van der Waals surface area (Å²) in [5, 5.41) is 10.6. The van der Waals surface area contributed by atoms with E-state index in [0.717, 1.165) is 135 Å². The molecule has 0 radical (unpaired) electrons. The number of hydrogen-bond donors (Lipinski definition) is 3. The number of carbonyl (C=O) groups is 4. The molecule has 0 aliphatic rings. The number of aliphatic hydroxyl groups is 1. The van der Waals surface area contributed by atoms with Gasteiger partial charge in [0, 0.05) is 25.7 Å². The van der Waals surface area contributed by atoms with Crippen LogP contribution in [0, 0.1) is 0 Å². The third-order valence-electron chi connectivity index (χ3n) is 16.6. The zero-order valence-corrected chi connectivity index (χ0v) is 66.9. The summed E-state index contributed by atoms with van der Waals surface area (Å²) >= 11 is 0. The molecule has 0 aromatic rings. The van der Waals surface area contributed by atoms with Crippen molar-refractivity contribution in [3.05, 3.63) is 134 Å².